The summed E-state index contributed by atoms with van der Waals surface area (Å²) in [5, 5.41) is 0. The average Bonchev–Trinajstić information content (AvgIpc) is 2.28. The Morgan fingerprint density at radius 2 is 2.00 bits per heavy atom. The lowest BCUT2D eigenvalue weighted by molar-refractivity contribution is 0.184. The SMILES string of the molecule is C=C(CC(C)c1ccc(CC)c(F)c1)C(F)F. The van der Waals surface area contributed by atoms with Crippen LogP contribution in [0.15, 0.2) is 30.4 Å². The second-order valence-electron chi connectivity index (χ2n) is 4.27. The van der Waals surface area contributed by atoms with E-state index in [9.17, 15) is 13.2 Å². The van der Waals surface area contributed by atoms with Crippen molar-refractivity contribution < 1.29 is 13.2 Å². The Morgan fingerprint density at radius 3 is 2.47 bits per heavy atom. The lowest BCUT2D eigenvalue weighted by Crippen LogP contribution is -2.02. The maximum Gasteiger partial charge on any atom is 0.259 e. The lowest BCUT2D eigenvalue weighted by atomic mass is 9.93. The predicted octanol–water partition coefficient (Wildman–Crippen LogP) is 4.70. The molecule has 0 aliphatic heterocycles. The summed E-state index contributed by atoms with van der Waals surface area (Å²) in [7, 11) is 0. The van der Waals surface area contributed by atoms with Gasteiger partial charge in [0.25, 0.3) is 6.43 Å². The van der Waals surface area contributed by atoms with E-state index in [4.69, 9.17) is 0 Å². The molecule has 3 heteroatoms. The van der Waals surface area contributed by atoms with Crippen molar-refractivity contribution in [1.29, 1.82) is 0 Å². The van der Waals surface area contributed by atoms with Gasteiger partial charge in [-0.1, -0.05) is 32.6 Å². The summed E-state index contributed by atoms with van der Waals surface area (Å²) < 4.78 is 38.2. The van der Waals surface area contributed by atoms with Gasteiger partial charge in [0.05, 0.1) is 0 Å². The molecule has 0 heterocycles. The van der Waals surface area contributed by atoms with E-state index in [1.807, 2.05) is 6.92 Å². The zero-order chi connectivity index (χ0) is 13.0. The van der Waals surface area contributed by atoms with Crippen LogP contribution in [0.2, 0.25) is 0 Å². The number of aryl methyl sites for hydroxylation is 1. The average molecular weight is 242 g/mol. The zero-order valence-corrected chi connectivity index (χ0v) is 10.1. The first kappa shape index (κ1) is 13.8. The molecular weight excluding hydrogens is 225 g/mol. The second kappa shape index (κ2) is 5.89. The molecular formula is C14H17F3. The molecule has 0 saturated heterocycles. The molecule has 0 N–H and O–H groups in total. The van der Waals surface area contributed by atoms with Crippen molar-refractivity contribution in [2.45, 2.75) is 39.0 Å². The number of hydrogen-bond donors (Lipinski definition) is 0. The van der Waals surface area contributed by atoms with Gasteiger partial charge in [-0.3, -0.25) is 0 Å². The third-order valence-electron chi connectivity index (χ3n) is 2.90. The van der Waals surface area contributed by atoms with Crippen molar-refractivity contribution >= 4 is 0 Å². The molecule has 1 rings (SSSR count). The lowest BCUT2D eigenvalue weighted by Gasteiger charge is -2.14. The number of hydrogen-bond acceptors (Lipinski definition) is 0. The Bertz CT molecular complexity index is 396. The van der Waals surface area contributed by atoms with E-state index in [0.717, 1.165) is 5.56 Å². The molecule has 1 unspecified atom stereocenters. The first-order valence-corrected chi connectivity index (χ1v) is 5.69. The Morgan fingerprint density at radius 1 is 1.35 bits per heavy atom. The van der Waals surface area contributed by atoms with Gasteiger partial charge in [0.1, 0.15) is 5.82 Å². The highest BCUT2D eigenvalue weighted by Crippen LogP contribution is 2.26. The summed E-state index contributed by atoms with van der Waals surface area (Å²) in [5.41, 5.74) is 1.28. The fourth-order valence-electron chi connectivity index (χ4n) is 1.76. The van der Waals surface area contributed by atoms with Gasteiger partial charge in [-0.25, -0.2) is 13.2 Å². The van der Waals surface area contributed by atoms with Gasteiger partial charge in [-0.05, 0) is 41.5 Å². The molecule has 0 radical (unpaired) electrons. The molecule has 0 aliphatic rings. The largest absolute Gasteiger partial charge is 0.259 e. The standard InChI is InChI=1S/C14H17F3/c1-4-11-5-6-12(8-13(11)15)9(2)7-10(3)14(16)17/h5-6,8-9,14H,3-4,7H2,1-2H3. The van der Waals surface area contributed by atoms with Crippen LogP contribution in [0.5, 0.6) is 0 Å². The normalized spacial score (nSPS) is 12.8. The minimum atomic E-state index is -2.50. The van der Waals surface area contributed by atoms with E-state index in [2.05, 4.69) is 6.58 Å². The molecule has 0 saturated carbocycles. The van der Waals surface area contributed by atoms with E-state index in [1.54, 1.807) is 19.1 Å². The first-order chi connectivity index (χ1) is 7.95. The molecule has 0 amide bonds. The summed E-state index contributed by atoms with van der Waals surface area (Å²) in [6.07, 6.45) is -1.69. The van der Waals surface area contributed by atoms with Crippen molar-refractivity contribution in [3.05, 3.63) is 47.3 Å². The summed E-state index contributed by atoms with van der Waals surface area (Å²) in [6.45, 7) is 7.01. The summed E-state index contributed by atoms with van der Waals surface area (Å²) in [6, 6.07) is 4.94. The fraction of sp³-hybridized carbons (Fsp3) is 0.429. The van der Waals surface area contributed by atoms with E-state index in [1.165, 1.54) is 6.07 Å². The predicted molar refractivity (Wildman–Crippen MR) is 64.0 cm³/mol. The van der Waals surface area contributed by atoms with E-state index in [-0.39, 0.29) is 23.7 Å². The maximum atomic E-state index is 13.5. The molecule has 1 atom stereocenters. The van der Waals surface area contributed by atoms with Gasteiger partial charge < -0.3 is 0 Å². The van der Waals surface area contributed by atoms with Crippen molar-refractivity contribution in [2.24, 2.45) is 0 Å². The third kappa shape index (κ3) is 3.62. The molecule has 0 bridgehead atoms. The molecule has 1 aromatic carbocycles. The summed E-state index contributed by atoms with van der Waals surface area (Å²) >= 11 is 0. The van der Waals surface area contributed by atoms with Crippen molar-refractivity contribution in [3.63, 3.8) is 0 Å². The fourth-order valence-corrected chi connectivity index (χ4v) is 1.76. The number of halogens is 3. The van der Waals surface area contributed by atoms with Gasteiger partial charge >= 0.3 is 0 Å². The Labute approximate surface area is 100 Å². The molecule has 0 fully saturated rings. The van der Waals surface area contributed by atoms with Crippen LogP contribution in [-0.4, -0.2) is 6.43 Å². The number of allylic oxidation sites excluding steroid dienone is 1. The van der Waals surface area contributed by atoms with Gasteiger partial charge in [0.2, 0.25) is 0 Å². The summed E-state index contributed by atoms with van der Waals surface area (Å²) in [4.78, 5) is 0. The highest BCUT2D eigenvalue weighted by molar-refractivity contribution is 5.27. The Kier molecular flexibility index (Phi) is 4.79. The molecule has 0 nitrogen and oxygen atoms in total. The minimum Gasteiger partial charge on any atom is -0.207 e. The van der Waals surface area contributed by atoms with Crippen molar-refractivity contribution in [2.75, 3.05) is 0 Å². The zero-order valence-electron chi connectivity index (χ0n) is 10.1. The summed E-state index contributed by atoms with van der Waals surface area (Å²) in [5.74, 6) is -0.406. The van der Waals surface area contributed by atoms with E-state index in [0.29, 0.717) is 12.0 Å². The molecule has 0 spiro atoms. The van der Waals surface area contributed by atoms with Gasteiger partial charge in [0, 0.05) is 0 Å². The van der Waals surface area contributed by atoms with Crippen LogP contribution in [0.4, 0.5) is 13.2 Å². The molecule has 1 aromatic rings. The first-order valence-electron chi connectivity index (χ1n) is 5.69. The Balaban J connectivity index is 2.79. The maximum absolute atomic E-state index is 13.5. The smallest absolute Gasteiger partial charge is 0.207 e. The Hall–Kier alpha value is -1.25. The van der Waals surface area contributed by atoms with Gasteiger partial charge in [-0.2, -0.15) is 0 Å². The highest BCUT2D eigenvalue weighted by atomic mass is 19.3. The second-order valence-corrected chi connectivity index (χ2v) is 4.27. The van der Waals surface area contributed by atoms with Crippen LogP contribution < -0.4 is 0 Å². The monoisotopic (exact) mass is 242 g/mol. The van der Waals surface area contributed by atoms with E-state index >= 15 is 0 Å². The molecule has 17 heavy (non-hydrogen) atoms. The third-order valence-corrected chi connectivity index (χ3v) is 2.90. The quantitative estimate of drug-likeness (QED) is 0.656. The minimum absolute atomic E-state index is 0.0996. The van der Waals surface area contributed by atoms with Crippen LogP contribution in [0.1, 0.15) is 37.3 Å². The van der Waals surface area contributed by atoms with Crippen LogP contribution in [0, 0.1) is 5.82 Å². The van der Waals surface area contributed by atoms with Crippen LogP contribution in [0.25, 0.3) is 0 Å². The highest BCUT2D eigenvalue weighted by Gasteiger charge is 2.14. The number of rotatable bonds is 5. The molecule has 0 aliphatic carbocycles. The van der Waals surface area contributed by atoms with Crippen molar-refractivity contribution in [3.8, 4) is 0 Å². The van der Waals surface area contributed by atoms with Gasteiger partial charge in [-0.15, -0.1) is 0 Å². The van der Waals surface area contributed by atoms with Crippen LogP contribution in [0.3, 0.4) is 0 Å². The molecule has 94 valence electrons. The number of alkyl halides is 2. The molecule has 0 aromatic heterocycles. The van der Waals surface area contributed by atoms with Crippen LogP contribution >= 0.6 is 0 Å². The van der Waals surface area contributed by atoms with Crippen molar-refractivity contribution in [1.82, 2.24) is 0 Å². The van der Waals surface area contributed by atoms with Gasteiger partial charge in [0.15, 0.2) is 0 Å². The van der Waals surface area contributed by atoms with Crippen LogP contribution in [-0.2, 0) is 6.42 Å². The number of benzene rings is 1. The van der Waals surface area contributed by atoms with E-state index < -0.39 is 6.43 Å². The topological polar surface area (TPSA) is 0 Å².